The molecule has 2 N–H and O–H groups in total. The van der Waals surface area contributed by atoms with Crippen LogP contribution in [-0.2, 0) is 4.79 Å². The van der Waals surface area contributed by atoms with Crippen molar-refractivity contribution in [3.63, 3.8) is 0 Å². The SMILES string of the molecule is O=CNc1ccc(F)c(-c2nc3ncc(-c4ccnc(N5CCCC5)c4)cc3[nH]2)c1. The Hall–Kier alpha value is -3.81. The minimum absolute atomic E-state index is 0.265. The number of nitrogens with one attached hydrogen (secondary N) is 2. The van der Waals surface area contributed by atoms with E-state index < -0.39 is 5.82 Å². The smallest absolute Gasteiger partial charge is 0.211 e. The van der Waals surface area contributed by atoms with Crippen molar-refractivity contribution < 1.29 is 9.18 Å². The third kappa shape index (κ3) is 3.36. The van der Waals surface area contributed by atoms with Gasteiger partial charge in [-0.1, -0.05) is 0 Å². The fourth-order valence-electron chi connectivity index (χ4n) is 3.77. The summed E-state index contributed by atoms with van der Waals surface area (Å²) in [7, 11) is 0. The molecule has 8 heteroatoms. The predicted molar refractivity (Wildman–Crippen MR) is 114 cm³/mol. The molecule has 30 heavy (non-hydrogen) atoms. The summed E-state index contributed by atoms with van der Waals surface area (Å²) in [6, 6.07) is 10.3. The zero-order valence-corrected chi connectivity index (χ0v) is 16.1. The highest BCUT2D eigenvalue weighted by Gasteiger charge is 2.15. The van der Waals surface area contributed by atoms with Gasteiger partial charge in [0.25, 0.3) is 0 Å². The number of hydrogen-bond acceptors (Lipinski definition) is 5. The first-order chi connectivity index (χ1) is 14.7. The number of amides is 1. The van der Waals surface area contributed by atoms with Crippen LogP contribution < -0.4 is 10.2 Å². The lowest BCUT2D eigenvalue weighted by Gasteiger charge is -2.16. The van der Waals surface area contributed by atoms with Gasteiger partial charge >= 0.3 is 0 Å². The molecule has 1 amide bonds. The highest BCUT2D eigenvalue weighted by Crippen LogP contribution is 2.29. The quantitative estimate of drug-likeness (QED) is 0.493. The number of anilines is 2. The predicted octanol–water partition coefficient (Wildman–Crippen LogP) is 3.99. The van der Waals surface area contributed by atoms with E-state index in [9.17, 15) is 9.18 Å². The normalized spacial score (nSPS) is 13.7. The Labute approximate surface area is 172 Å². The Morgan fingerprint density at radius 1 is 1.07 bits per heavy atom. The van der Waals surface area contributed by atoms with Gasteiger partial charge in [-0.05, 0) is 54.8 Å². The van der Waals surface area contributed by atoms with Crippen molar-refractivity contribution in [2.24, 2.45) is 0 Å². The average Bonchev–Trinajstić information content (AvgIpc) is 3.45. The Morgan fingerprint density at radius 2 is 1.93 bits per heavy atom. The summed E-state index contributed by atoms with van der Waals surface area (Å²) in [5, 5.41) is 2.52. The van der Waals surface area contributed by atoms with E-state index in [2.05, 4.69) is 36.2 Å². The molecule has 0 saturated carbocycles. The van der Waals surface area contributed by atoms with Gasteiger partial charge in [0.05, 0.1) is 11.1 Å². The molecule has 1 fully saturated rings. The Balaban J connectivity index is 1.51. The fourth-order valence-corrected chi connectivity index (χ4v) is 3.77. The van der Waals surface area contributed by atoms with Gasteiger partial charge in [0.1, 0.15) is 17.5 Å². The van der Waals surface area contributed by atoms with Gasteiger partial charge in [-0.3, -0.25) is 4.79 Å². The van der Waals surface area contributed by atoms with E-state index in [0.29, 0.717) is 29.1 Å². The second-order valence-corrected chi connectivity index (χ2v) is 7.23. The zero-order valence-electron chi connectivity index (χ0n) is 16.1. The fraction of sp³-hybridized carbons (Fsp3) is 0.182. The van der Waals surface area contributed by atoms with E-state index in [0.717, 1.165) is 30.0 Å². The van der Waals surface area contributed by atoms with Crippen LogP contribution in [0.4, 0.5) is 15.9 Å². The summed E-state index contributed by atoms with van der Waals surface area (Å²) in [6.45, 7) is 2.06. The van der Waals surface area contributed by atoms with Crippen LogP contribution in [0.1, 0.15) is 12.8 Å². The van der Waals surface area contributed by atoms with E-state index in [1.165, 1.54) is 31.0 Å². The van der Waals surface area contributed by atoms with Crippen molar-refractivity contribution in [2.45, 2.75) is 12.8 Å². The van der Waals surface area contributed by atoms with Crippen LogP contribution in [0.15, 0.2) is 48.8 Å². The molecule has 1 aromatic carbocycles. The number of H-pyrrole nitrogens is 1. The summed E-state index contributed by atoms with van der Waals surface area (Å²) in [5.41, 5.74) is 3.90. The minimum atomic E-state index is -0.435. The Morgan fingerprint density at radius 3 is 2.77 bits per heavy atom. The maximum Gasteiger partial charge on any atom is 0.211 e. The number of nitrogens with zero attached hydrogens (tertiary/aromatic N) is 4. The van der Waals surface area contributed by atoms with E-state index in [-0.39, 0.29) is 5.56 Å². The third-order valence-electron chi connectivity index (χ3n) is 5.29. The Kier molecular flexibility index (Phi) is 4.59. The second-order valence-electron chi connectivity index (χ2n) is 7.23. The standard InChI is InChI=1S/C22H19FN6O/c23-18-4-3-16(26-13-30)11-17(18)21-27-19-9-15(12-25-22(19)28-21)14-5-6-24-20(10-14)29-7-1-2-8-29/h3-6,9-13H,1-2,7-8H2,(H,26,30)(H,25,27,28). The first-order valence-corrected chi connectivity index (χ1v) is 9.78. The molecule has 0 aliphatic carbocycles. The lowest BCUT2D eigenvalue weighted by Crippen LogP contribution is -2.18. The van der Waals surface area contributed by atoms with Gasteiger partial charge in [-0.15, -0.1) is 0 Å². The topological polar surface area (TPSA) is 86.8 Å². The molecule has 0 spiro atoms. The van der Waals surface area contributed by atoms with E-state index in [4.69, 9.17) is 0 Å². The number of aromatic amines is 1. The number of benzene rings is 1. The van der Waals surface area contributed by atoms with Gasteiger partial charge in [0.2, 0.25) is 6.41 Å². The maximum absolute atomic E-state index is 14.4. The van der Waals surface area contributed by atoms with Crippen LogP contribution in [0.5, 0.6) is 0 Å². The van der Waals surface area contributed by atoms with Gasteiger partial charge in [-0.2, -0.15) is 0 Å². The van der Waals surface area contributed by atoms with E-state index in [1.54, 1.807) is 6.20 Å². The number of carbonyl (C=O) groups excluding carboxylic acids is 1. The lowest BCUT2D eigenvalue weighted by molar-refractivity contribution is -0.105. The van der Waals surface area contributed by atoms with Gasteiger partial charge < -0.3 is 15.2 Å². The molecule has 150 valence electrons. The summed E-state index contributed by atoms with van der Waals surface area (Å²) in [5.74, 6) is 0.890. The molecule has 0 unspecified atom stereocenters. The van der Waals surface area contributed by atoms with Crippen LogP contribution in [0.25, 0.3) is 33.7 Å². The van der Waals surface area contributed by atoms with Crippen LogP contribution in [0.2, 0.25) is 0 Å². The number of halogens is 1. The first kappa shape index (κ1) is 18.2. The molecule has 7 nitrogen and oxygen atoms in total. The maximum atomic E-state index is 14.4. The molecule has 3 aromatic heterocycles. The van der Waals surface area contributed by atoms with Crippen molar-refractivity contribution >= 4 is 29.1 Å². The molecular formula is C22H19FN6O. The van der Waals surface area contributed by atoms with E-state index in [1.807, 2.05) is 18.3 Å². The van der Waals surface area contributed by atoms with Crippen molar-refractivity contribution in [2.75, 3.05) is 23.3 Å². The largest absolute Gasteiger partial charge is 0.357 e. The minimum Gasteiger partial charge on any atom is -0.357 e. The number of hydrogen-bond donors (Lipinski definition) is 2. The third-order valence-corrected chi connectivity index (χ3v) is 5.29. The lowest BCUT2D eigenvalue weighted by atomic mass is 10.1. The number of aromatic nitrogens is 4. The van der Waals surface area contributed by atoms with Crippen molar-refractivity contribution in [1.82, 2.24) is 19.9 Å². The monoisotopic (exact) mass is 402 g/mol. The van der Waals surface area contributed by atoms with Crippen molar-refractivity contribution in [3.05, 3.63) is 54.6 Å². The van der Waals surface area contributed by atoms with Gasteiger partial charge in [0.15, 0.2) is 5.65 Å². The molecule has 1 aliphatic rings. The number of pyridine rings is 2. The molecule has 0 bridgehead atoms. The van der Waals surface area contributed by atoms with Crippen LogP contribution in [0.3, 0.4) is 0 Å². The molecule has 1 aliphatic heterocycles. The van der Waals surface area contributed by atoms with Gasteiger partial charge in [0, 0.05) is 36.7 Å². The number of fused-ring (bicyclic) bond motifs is 1. The molecule has 5 rings (SSSR count). The van der Waals surface area contributed by atoms with Crippen molar-refractivity contribution in [1.29, 1.82) is 0 Å². The molecule has 4 heterocycles. The molecular weight excluding hydrogens is 383 g/mol. The van der Waals surface area contributed by atoms with Gasteiger partial charge in [-0.25, -0.2) is 19.3 Å². The average molecular weight is 402 g/mol. The van der Waals surface area contributed by atoms with E-state index >= 15 is 0 Å². The number of imidazole rings is 1. The van der Waals surface area contributed by atoms with Crippen LogP contribution >= 0.6 is 0 Å². The summed E-state index contributed by atoms with van der Waals surface area (Å²) in [4.78, 5) is 29.5. The highest BCUT2D eigenvalue weighted by atomic mass is 19.1. The summed E-state index contributed by atoms with van der Waals surface area (Å²) >= 11 is 0. The molecule has 0 atom stereocenters. The molecule has 4 aromatic rings. The van der Waals surface area contributed by atoms with Crippen LogP contribution in [0, 0.1) is 5.82 Å². The van der Waals surface area contributed by atoms with Crippen LogP contribution in [-0.4, -0.2) is 39.4 Å². The number of carbonyl (C=O) groups is 1. The summed E-state index contributed by atoms with van der Waals surface area (Å²) < 4.78 is 14.4. The molecule has 1 saturated heterocycles. The first-order valence-electron chi connectivity index (χ1n) is 9.78. The second kappa shape index (κ2) is 7.55. The highest BCUT2D eigenvalue weighted by molar-refractivity contribution is 5.82. The Bertz CT molecular complexity index is 1230. The number of rotatable bonds is 5. The summed E-state index contributed by atoms with van der Waals surface area (Å²) in [6.07, 6.45) is 6.50. The molecule has 0 radical (unpaired) electrons. The zero-order chi connectivity index (χ0) is 20.5. The van der Waals surface area contributed by atoms with Crippen molar-refractivity contribution in [3.8, 4) is 22.5 Å².